The normalized spacial score (nSPS) is 18.2. The van der Waals surface area contributed by atoms with Crippen LogP contribution >= 0.6 is 0 Å². The maximum Gasteiger partial charge on any atom is 0.163 e. The summed E-state index contributed by atoms with van der Waals surface area (Å²) in [5, 5.41) is 0. The maximum absolute atomic E-state index is 12.1. The van der Waals surface area contributed by atoms with E-state index in [0.29, 0.717) is 18.1 Å². The average Bonchev–Trinajstić information content (AvgIpc) is 2.41. The van der Waals surface area contributed by atoms with Gasteiger partial charge in [0, 0.05) is 17.9 Å². The Labute approximate surface area is 114 Å². The molecular formula is C18H18O. The van der Waals surface area contributed by atoms with Crippen molar-refractivity contribution in [2.75, 3.05) is 0 Å². The molecule has 1 unspecified atom stereocenters. The van der Waals surface area contributed by atoms with Crippen LogP contribution in [0.15, 0.2) is 42.5 Å². The Balaban J connectivity index is 2.08. The molecule has 0 fully saturated rings. The summed E-state index contributed by atoms with van der Waals surface area (Å²) in [6, 6.07) is 15.0. The molecule has 1 aliphatic rings. The van der Waals surface area contributed by atoms with Crippen LogP contribution in [0.25, 0.3) is 0 Å². The van der Waals surface area contributed by atoms with Crippen molar-refractivity contribution >= 4 is 5.78 Å². The van der Waals surface area contributed by atoms with Gasteiger partial charge in [0.25, 0.3) is 0 Å². The Morgan fingerprint density at radius 1 is 0.947 bits per heavy atom. The van der Waals surface area contributed by atoms with Crippen molar-refractivity contribution in [1.82, 2.24) is 0 Å². The summed E-state index contributed by atoms with van der Waals surface area (Å²) in [7, 11) is 0. The van der Waals surface area contributed by atoms with Crippen LogP contribution in [0, 0.1) is 13.8 Å². The van der Waals surface area contributed by atoms with Crippen molar-refractivity contribution in [3.8, 4) is 0 Å². The molecule has 0 aromatic heterocycles. The number of carbonyl (C=O) groups is 1. The van der Waals surface area contributed by atoms with Crippen LogP contribution in [0.5, 0.6) is 0 Å². The molecule has 0 spiro atoms. The van der Waals surface area contributed by atoms with Gasteiger partial charge in [-0.1, -0.05) is 47.5 Å². The molecule has 1 atom stereocenters. The van der Waals surface area contributed by atoms with E-state index in [1.165, 1.54) is 16.7 Å². The number of hydrogen-bond acceptors (Lipinski definition) is 1. The van der Waals surface area contributed by atoms with E-state index in [-0.39, 0.29) is 0 Å². The standard InChI is InChI=1S/C18H18O/c1-12-3-6-14(7-4-12)15-9-10-18(19)17-11-13(2)5-8-16(15)17/h3-8,11,15H,9-10H2,1-2H3. The first-order chi connectivity index (χ1) is 9.15. The number of fused-ring (bicyclic) bond motifs is 1. The lowest BCUT2D eigenvalue weighted by Crippen LogP contribution is -2.16. The highest BCUT2D eigenvalue weighted by Crippen LogP contribution is 2.36. The molecule has 3 rings (SSSR count). The molecule has 19 heavy (non-hydrogen) atoms. The van der Waals surface area contributed by atoms with Gasteiger partial charge in [-0.15, -0.1) is 0 Å². The number of ketones is 1. The first kappa shape index (κ1) is 12.2. The molecule has 1 heteroatoms. The second-order valence-corrected chi connectivity index (χ2v) is 5.52. The van der Waals surface area contributed by atoms with E-state index in [4.69, 9.17) is 0 Å². The fourth-order valence-corrected chi connectivity index (χ4v) is 2.93. The summed E-state index contributed by atoms with van der Waals surface area (Å²) in [6.07, 6.45) is 1.59. The van der Waals surface area contributed by atoms with Gasteiger partial charge in [0.15, 0.2) is 5.78 Å². The monoisotopic (exact) mass is 250 g/mol. The highest BCUT2D eigenvalue weighted by molar-refractivity contribution is 5.99. The van der Waals surface area contributed by atoms with Crippen molar-refractivity contribution in [3.05, 3.63) is 70.3 Å². The maximum atomic E-state index is 12.1. The highest BCUT2D eigenvalue weighted by atomic mass is 16.1. The number of carbonyl (C=O) groups excluding carboxylic acids is 1. The number of hydrogen-bond donors (Lipinski definition) is 0. The Hall–Kier alpha value is -1.89. The van der Waals surface area contributed by atoms with Gasteiger partial charge in [0.2, 0.25) is 0 Å². The third-order valence-corrected chi connectivity index (χ3v) is 4.02. The molecule has 1 aliphatic carbocycles. The minimum absolute atomic E-state index is 0.294. The molecule has 0 amide bonds. The van der Waals surface area contributed by atoms with Crippen LogP contribution in [0.2, 0.25) is 0 Å². The molecule has 0 bridgehead atoms. The number of rotatable bonds is 1. The number of aryl methyl sites for hydroxylation is 2. The second-order valence-electron chi connectivity index (χ2n) is 5.52. The van der Waals surface area contributed by atoms with E-state index < -0.39 is 0 Å². The molecule has 1 nitrogen and oxygen atoms in total. The van der Waals surface area contributed by atoms with Crippen LogP contribution in [0.1, 0.15) is 51.4 Å². The lowest BCUT2D eigenvalue weighted by molar-refractivity contribution is 0.0969. The summed E-state index contributed by atoms with van der Waals surface area (Å²) in [4.78, 5) is 12.1. The summed E-state index contributed by atoms with van der Waals surface area (Å²) in [6.45, 7) is 4.15. The molecular weight excluding hydrogens is 232 g/mol. The van der Waals surface area contributed by atoms with Gasteiger partial charge < -0.3 is 0 Å². The molecule has 0 aliphatic heterocycles. The van der Waals surface area contributed by atoms with Crippen molar-refractivity contribution in [1.29, 1.82) is 0 Å². The van der Waals surface area contributed by atoms with Crippen LogP contribution in [-0.4, -0.2) is 5.78 Å². The Morgan fingerprint density at radius 3 is 2.37 bits per heavy atom. The SMILES string of the molecule is Cc1ccc(C2CCC(=O)c3cc(C)ccc32)cc1. The predicted octanol–water partition coefficient (Wildman–Crippen LogP) is 4.41. The zero-order chi connectivity index (χ0) is 13.4. The zero-order valence-electron chi connectivity index (χ0n) is 11.4. The third-order valence-electron chi connectivity index (χ3n) is 4.02. The lowest BCUT2D eigenvalue weighted by Gasteiger charge is -2.25. The molecule has 2 aromatic carbocycles. The van der Waals surface area contributed by atoms with E-state index in [1.54, 1.807) is 0 Å². The van der Waals surface area contributed by atoms with E-state index >= 15 is 0 Å². The number of Topliss-reactive ketones (excluding diaryl/α,β-unsaturated/α-hetero) is 1. The molecule has 0 saturated carbocycles. The lowest BCUT2D eigenvalue weighted by atomic mass is 9.78. The van der Waals surface area contributed by atoms with Crippen LogP contribution in [0.3, 0.4) is 0 Å². The predicted molar refractivity (Wildman–Crippen MR) is 77.8 cm³/mol. The summed E-state index contributed by atoms with van der Waals surface area (Å²) >= 11 is 0. The summed E-state index contributed by atoms with van der Waals surface area (Å²) in [5.41, 5.74) is 5.89. The summed E-state index contributed by atoms with van der Waals surface area (Å²) in [5.74, 6) is 0.663. The van der Waals surface area contributed by atoms with Gasteiger partial charge in [-0.25, -0.2) is 0 Å². The van der Waals surface area contributed by atoms with Gasteiger partial charge in [-0.05, 0) is 37.5 Å². The number of benzene rings is 2. The van der Waals surface area contributed by atoms with E-state index in [9.17, 15) is 4.79 Å². The van der Waals surface area contributed by atoms with Crippen molar-refractivity contribution in [2.24, 2.45) is 0 Å². The summed E-state index contributed by atoms with van der Waals surface area (Å²) < 4.78 is 0. The van der Waals surface area contributed by atoms with Crippen molar-refractivity contribution in [2.45, 2.75) is 32.6 Å². The van der Waals surface area contributed by atoms with Crippen LogP contribution < -0.4 is 0 Å². The first-order valence-electron chi connectivity index (χ1n) is 6.85. The molecule has 2 aromatic rings. The van der Waals surface area contributed by atoms with Crippen molar-refractivity contribution in [3.63, 3.8) is 0 Å². The third kappa shape index (κ3) is 2.21. The first-order valence-corrected chi connectivity index (χ1v) is 6.85. The van der Waals surface area contributed by atoms with Crippen molar-refractivity contribution < 1.29 is 4.79 Å². The molecule has 0 N–H and O–H groups in total. The quantitative estimate of drug-likeness (QED) is 0.732. The van der Waals surface area contributed by atoms with Gasteiger partial charge in [0.1, 0.15) is 0 Å². The van der Waals surface area contributed by atoms with E-state index in [2.05, 4.69) is 43.3 Å². The minimum atomic E-state index is 0.294. The van der Waals surface area contributed by atoms with E-state index in [1.807, 2.05) is 13.0 Å². The average molecular weight is 250 g/mol. The van der Waals surface area contributed by atoms with E-state index in [0.717, 1.165) is 17.5 Å². The van der Waals surface area contributed by atoms with Gasteiger partial charge >= 0.3 is 0 Å². The second kappa shape index (κ2) is 4.65. The highest BCUT2D eigenvalue weighted by Gasteiger charge is 2.26. The largest absolute Gasteiger partial charge is 0.294 e. The van der Waals surface area contributed by atoms with Gasteiger partial charge in [-0.2, -0.15) is 0 Å². The topological polar surface area (TPSA) is 17.1 Å². The molecule has 0 saturated heterocycles. The minimum Gasteiger partial charge on any atom is -0.294 e. The smallest absolute Gasteiger partial charge is 0.163 e. The Bertz CT molecular complexity index is 623. The zero-order valence-corrected chi connectivity index (χ0v) is 11.4. The van der Waals surface area contributed by atoms with Gasteiger partial charge in [-0.3, -0.25) is 4.79 Å². The fourth-order valence-electron chi connectivity index (χ4n) is 2.93. The molecule has 96 valence electrons. The molecule has 0 heterocycles. The van der Waals surface area contributed by atoms with Crippen LogP contribution in [-0.2, 0) is 0 Å². The Morgan fingerprint density at radius 2 is 1.63 bits per heavy atom. The Kier molecular flexibility index (Phi) is 2.98. The van der Waals surface area contributed by atoms with Gasteiger partial charge in [0.05, 0.1) is 0 Å². The van der Waals surface area contributed by atoms with Crippen LogP contribution in [0.4, 0.5) is 0 Å². The fraction of sp³-hybridized carbons (Fsp3) is 0.278. The molecule has 0 radical (unpaired) electrons.